The van der Waals surface area contributed by atoms with Gasteiger partial charge < -0.3 is 10.4 Å². The normalized spacial score (nSPS) is 10.7. The number of nitrogens with zero attached hydrogens (tertiary/aromatic N) is 1. The third kappa shape index (κ3) is 3.81. The van der Waals surface area contributed by atoms with Crippen molar-refractivity contribution in [2.75, 3.05) is 5.32 Å². The van der Waals surface area contributed by atoms with Gasteiger partial charge in [-0.2, -0.15) is 0 Å². The average Bonchev–Trinajstić information content (AvgIpc) is 2.46. The quantitative estimate of drug-likeness (QED) is 0.876. The van der Waals surface area contributed by atoms with Gasteiger partial charge in [-0.05, 0) is 36.1 Å². The highest BCUT2D eigenvalue weighted by atomic mass is 16.4. The van der Waals surface area contributed by atoms with Crippen molar-refractivity contribution in [2.45, 2.75) is 33.2 Å². The lowest BCUT2D eigenvalue weighted by molar-refractivity contribution is 0.0696. The number of aryl methyl sites for hydroxylation is 1. The number of benzene rings is 1. The van der Waals surface area contributed by atoms with E-state index in [1.807, 2.05) is 32.0 Å². The van der Waals surface area contributed by atoms with Crippen molar-refractivity contribution in [3.8, 4) is 0 Å². The summed E-state index contributed by atoms with van der Waals surface area (Å²) < 4.78 is 0. The van der Waals surface area contributed by atoms with Gasteiger partial charge in [0.05, 0.1) is 5.56 Å². The van der Waals surface area contributed by atoms with Crippen molar-refractivity contribution in [2.24, 2.45) is 0 Å². The fourth-order valence-corrected chi connectivity index (χ4v) is 2.06. The van der Waals surface area contributed by atoms with Crippen molar-refractivity contribution in [1.82, 2.24) is 4.98 Å². The van der Waals surface area contributed by atoms with Crippen molar-refractivity contribution in [1.29, 1.82) is 0 Å². The van der Waals surface area contributed by atoms with Gasteiger partial charge in [0.1, 0.15) is 5.82 Å². The largest absolute Gasteiger partial charge is 0.478 e. The highest BCUT2D eigenvalue weighted by Crippen LogP contribution is 2.18. The fourth-order valence-electron chi connectivity index (χ4n) is 2.06. The minimum absolute atomic E-state index is 0.184. The molecule has 0 unspecified atom stereocenters. The highest BCUT2D eigenvalue weighted by Gasteiger charge is 2.10. The van der Waals surface area contributed by atoms with Crippen molar-refractivity contribution >= 4 is 11.8 Å². The summed E-state index contributed by atoms with van der Waals surface area (Å²) in [6.45, 7) is 6.68. The number of rotatable bonds is 5. The van der Waals surface area contributed by atoms with Crippen LogP contribution < -0.4 is 5.32 Å². The van der Waals surface area contributed by atoms with Crippen LogP contribution >= 0.6 is 0 Å². The van der Waals surface area contributed by atoms with Gasteiger partial charge >= 0.3 is 5.97 Å². The zero-order chi connectivity index (χ0) is 15.4. The number of carboxylic acids is 1. The van der Waals surface area contributed by atoms with Crippen LogP contribution in [0.5, 0.6) is 0 Å². The molecule has 0 atom stereocenters. The van der Waals surface area contributed by atoms with Gasteiger partial charge in [-0.15, -0.1) is 0 Å². The van der Waals surface area contributed by atoms with Crippen LogP contribution in [0.1, 0.15) is 46.9 Å². The maximum Gasteiger partial charge on any atom is 0.335 e. The van der Waals surface area contributed by atoms with Gasteiger partial charge in [-0.3, -0.25) is 0 Å². The molecule has 1 aromatic heterocycles. The monoisotopic (exact) mass is 284 g/mol. The van der Waals surface area contributed by atoms with Gasteiger partial charge in [0, 0.05) is 12.2 Å². The Balaban J connectivity index is 2.23. The molecule has 2 aromatic rings. The Bertz CT molecular complexity index is 651. The van der Waals surface area contributed by atoms with E-state index in [0.717, 1.165) is 5.69 Å². The highest BCUT2D eigenvalue weighted by molar-refractivity contribution is 5.88. The molecule has 0 aliphatic heterocycles. The topological polar surface area (TPSA) is 62.2 Å². The second-order valence-electron chi connectivity index (χ2n) is 5.41. The Morgan fingerprint density at radius 3 is 2.62 bits per heavy atom. The minimum atomic E-state index is -0.932. The molecule has 1 heterocycles. The van der Waals surface area contributed by atoms with E-state index < -0.39 is 5.97 Å². The fraction of sp³-hybridized carbons (Fsp3) is 0.294. The molecule has 0 saturated heterocycles. The van der Waals surface area contributed by atoms with E-state index in [4.69, 9.17) is 0 Å². The van der Waals surface area contributed by atoms with E-state index in [9.17, 15) is 9.90 Å². The number of pyridine rings is 1. The van der Waals surface area contributed by atoms with Gasteiger partial charge in [0.2, 0.25) is 0 Å². The molecule has 0 aliphatic rings. The van der Waals surface area contributed by atoms with Crippen molar-refractivity contribution < 1.29 is 9.90 Å². The Kier molecular flexibility index (Phi) is 4.58. The first kappa shape index (κ1) is 15.0. The maximum atomic E-state index is 11.2. The molecule has 0 saturated carbocycles. The van der Waals surface area contributed by atoms with Gasteiger partial charge in [0.15, 0.2) is 0 Å². The zero-order valence-corrected chi connectivity index (χ0v) is 12.6. The zero-order valence-electron chi connectivity index (χ0n) is 12.6. The maximum absolute atomic E-state index is 11.2. The number of carbonyl (C=O) groups is 1. The van der Waals surface area contributed by atoms with Crippen molar-refractivity contribution in [3.05, 3.63) is 58.8 Å². The Hall–Kier alpha value is -2.36. The molecular formula is C17H20N2O2. The number of nitrogens with one attached hydrogen (secondary N) is 1. The predicted molar refractivity (Wildman–Crippen MR) is 83.8 cm³/mol. The van der Waals surface area contributed by atoms with Gasteiger partial charge in [-0.1, -0.05) is 38.1 Å². The molecule has 0 fully saturated rings. The molecule has 0 amide bonds. The second kappa shape index (κ2) is 6.39. The third-order valence-corrected chi connectivity index (χ3v) is 3.40. The van der Waals surface area contributed by atoms with Crippen molar-refractivity contribution in [3.63, 3.8) is 0 Å². The lowest BCUT2D eigenvalue weighted by Crippen LogP contribution is -2.08. The van der Waals surface area contributed by atoms with E-state index in [0.29, 0.717) is 12.4 Å². The smallest absolute Gasteiger partial charge is 0.335 e. The molecule has 110 valence electrons. The predicted octanol–water partition coefficient (Wildman–Crippen LogP) is 3.82. The standard InChI is InChI=1S/C17H20N2O2/c1-11(2)15-8-14(17(20)21)9-16(19-15)18-10-13-7-5-4-6-12(13)3/h4-9,11H,10H2,1-3H3,(H,18,19)(H,20,21). The lowest BCUT2D eigenvalue weighted by Gasteiger charge is -2.12. The van der Waals surface area contributed by atoms with Crippen LogP contribution in [0.2, 0.25) is 0 Å². The van der Waals surface area contributed by atoms with Gasteiger partial charge in [0.25, 0.3) is 0 Å². The van der Waals surface area contributed by atoms with Crippen LogP contribution in [0.3, 0.4) is 0 Å². The summed E-state index contributed by atoms with van der Waals surface area (Å²) in [7, 11) is 0. The summed E-state index contributed by atoms with van der Waals surface area (Å²) in [5.41, 5.74) is 3.41. The minimum Gasteiger partial charge on any atom is -0.478 e. The van der Waals surface area contributed by atoms with Crippen LogP contribution in [0, 0.1) is 6.92 Å². The number of carboxylic acid groups (broad SMARTS) is 1. The molecule has 1 aromatic carbocycles. The summed E-state index contributed by atoms with van der Waals surface area (Å²) in [5.74, 6) is -0.150. The molecule has 2 rings (SSSR count). The van der Waals surface area contributed by atoms with Crippen LogP contribution in [-0.2, 0) is 6.54 Å². The van der Waals surface area contributed by atoms with E-state index >= 15 is 0 Å². The molecule has 0 aliphatic carbocycles. The number of hydrogen-bond acceptors (Lipinski definition) is 3. The van der Waals surface area contributed by atoms with E-state index in [2.05, 4.69) is 23.3 Å². The molecule has 4 nitrogen and oxygen atoms in total. The summed E-state index contributed by atoms with van der Waals surface area (Å²) in [6.07, 6.45) is 0. The van der Waals surface area contributed by atoms with Crippen LogP contribution in [0.25, 0.3) is 0 Å². The molecule has 4 heteroatoms. The Morgan fingerprint density at radius 1 is 1.29 bits per heavy atom. The van der Waals surface area contributed by atoms with Crippen LogP contribution in [0.15, 0.2) is 36.4 Å². The summed E-state index contributed by atoms with van der Waals surface area (Å²) in [5, 5.41) is 12.4. The molecule has 21 heavy (non-hydrogen) atoms. The Labute approximate surface area is 124 Å². The summed E-state index contributed by atoms with van der Waals surface area (Å²) >= 11 is 0. The van der Waals surface area contributed by atoms with E-state index in [1.165, 1.54) is 11.1 Å². The van der Waals surface area contributed by atoms with E-state index in [1.54, 1.807) is 12.1 Å². The SMILES string of the molecule is Cc1ccccc1CNc1cc(C(=O)O)cc(C(C)C)n1. The molecule has 0 radical (unpaired) electrons. The number of aromatic nitrogens is 1. The second-order valence-corrected chi connectivity index (χ2v) is 5.41. The summed E-state index contributed by atoms with van der Waals surface area (Å²) in [4.78, 5) is 15.7. The average molecular weight is 284 g/mol. The molecular weight excluding hydrogens is 264 g/mol. The third-order valence-electron chi connectivity index (χ3n) is 3.40. The molecule has 0 spiro atoms. The van der Waals surface area contributed by atoms with E-state index in [-0.39, 0.29) is 11.5 Å². The Morgan fingerprint density at radius 2 is 2.00 bits per heavy atom. The number of aromatic carboxylic acids is 1. The number of hydrogen-bond donors (Lipinski definition) is 2. The number of anilines is 1. The first-order chi connectivity index (χ1) is 9.97. The molecule has 2 N–H and O–H groups in total. The van der Waals surface area contributed by atoms with Gasteiger partial charge in [-0.25, -0.2) is 9.78 Å². The van der Waals surface area contributed by atoms with Crippen LogP contribution in [-0.4, -0.2) is 16.1 Å². The molecule has 0 bridgehead atoms. The lowest BCUT2D eigenvalue weighted by atomic mass is 10.1. The first-order valence-corrected chi connectivity index (χ1v) is 7.01. The van der Waals surface area contributed by atoms with Crippen LogP contribution in [0.4, 0.5) is 5.82 Å². The summed E-state index contributed by atoms with van der Waals surface area (Å²) in [6, 6.07) is 11.3. The first-order valence-electron chi connectivity index (χ1n) is 7.01.